The van der Waals surface area contributed by atoms with Gasteiger partial charge in [-0.25, -0.2) is 0 Å². The molecule has 0 aliphatic carbocycles. The van der Waals surface area contributed by atoms with Crippen LogP contribution in [0, 0.1) is 0 Å². The van der Waals surface area contributed by atoms with Gasteiger partial charge < -0.3 is 5.73 Å². The zero-order chi connectivity index (χ0) is 12.5. The number of likely N-dealkylation sites (tertiary alicyclic amines) is 1. The average Bonchev–Trinajstić information content (AvgIpc) is 2.28. The van der Waals surface area contributed by atoms with Crippen molar-refractivity contribution in [2.24, 2.45) is 5.73 Å². The van der Waals surface area contributed by atoms with E-state index in [1.807, 2.05) is 18.5 Å². The highest BCUT2D eigenvalue weighted by atomic mass is 15.2. The van der Waals surface area contributed by atoms with Crippen molar-refractivity contribution in [3.05, 3.63) is 30.1 Å². The topological polar surface area (TPSA) is 42.1 Å². The van der Waals surface area contributed by atoms with Crippen LogP contribution in [0.4, 0.5) is 0 Å². The van der Waals surface area contributed by atoms with Crippen molar-refractivity contribution < 1.29 is 0 Å². The highest BCUT2D eigenvalue weighted by Gasteiger charge is 2.36. The van der Waals surface area contributed by atoms with E-state index in [9.17, 15) is 0 Å². The first-order valence-electron chi connectivity index (χ1n) is 6.42. The summed E-state index contributed by atoms with van der Waals surface area (Å²) < 4.78 is 0. The minimum absolute atomic E-state index is 0.151. The van der Waals surface area contributed by atoms with Gasteiger partial charge in [0, 0.05) is 24.0 Å². The molecule has 3 heteroatoms. The van der Waals surface area contributed by atoms with Crippen molar-refractivity contribution in [2.45, 2.75) is 51.2 Å². The number of pyridine rings is 1. The van der Waals surface area contributed by atoms with E-state index in [-0.39, 0.29) is 11.6 Å². The van der Waals surface area contributed by atoms with Gasteiger partial charge in [0.15, 0.2) is 0 Å². The Kier molecular flexibility index (Phi) is 3.50. The van der Waals surface area contributed by atoms with Gasteiger partial charge in [0.1, 0.15) is 0 Å². The molecule has 1 fully saturated rings. The van der Waals surface area contributed by atoms with E-state index in [0.717, 1.165) is 13.0 Å². The Balaban J connectivity index is 2.32. The van der Waals surface area contributed by atoms with Crippen LogP contribution in [0.15, 0.2) is 24.5 Å². The number of piperidine rings is 1. The lowest BCUT2D eigenvalue weighted by atomic mass is 9.87. The number of aromatic nitrogens is 1. The molecule has 17 heavy (non-hydrogen) atoms. The summed E-state index contributed by atoms with van der Waals surface area (Å²) >= 11 is 0. The Morgan fingerprint density at radius 3 is 2.76 bits per heavy atom. The smallest absolute Gasteiger partial charge is 0.0519 e. The van der Waals surface area contributed by atoms with E-state index < -0.39 is 0 Å². The lowest BCUT2D eigenvalue weighted by Crippen LogP contribution is -2.53. The average molecular weight is 233 g/mol. The second-order valence-corrected chi connectivity index (χ2v) is 5.90. The van der Waals surface area contributed by atoms with Gasteiger partial charge >= 0.3 is 0 Å². The summed E-state index contributed by atoms with van der Waals surface area (Å²) in [6, 6.07) is 4.66. The predicted octanol–water partition coefficient (Wildman–Crippen LogP) is 2.34. The molecule has 0 radical (unpaired) electrons. The summed E-state index contributed by atoms with van der Waals surface area (Å²) in [4.78, 5) is 6.74. The third kappa shape index (κ3) is 2.67. The van der Waals surface area contributed by atoms with Gasteiger partial charge in [-0.1, -0.05) is 6.07 Å². The minimum Gasteiger partial charge on any atom is -0.326 e. The Labute approximate surface area is 104 Å². The monoisotopic (exact) mass is 233 g/mol. The third-order valence-corrected chi connectivity index (χ3v) is 3.57. The Bertz CT molecular complexity index is 355. The Hall–Kier alpha value is -0.930. The Morgan fingerprint density at radius 1 is 1.41 bits per heavy atom. The van der Waals surface area contributed by atoms with Gasteiger partial charge in [-0.2, -0.15) is 0 Å². The molecule has 0 bridgehead atoms. The maximum absolute atomic E-state index is 6.33. The normalized spacial score (nSPS) is 27.1. The number of nitrogens with zero attached hydrogens (tertiary/aromatic N) is 2. The molecule has 2 atom stereocenters. The third-order valence-electron chi connectivity index (χ3n) is 3.57. The fourth-order valence-electron chi connectivity index (χ4n) is 2.76. The largest absolute Gasteiger partial charge is 0.326 e. The van der Waals surface area contributed by atoms with Crippen LogP contribution in [-0.2, 0) is 0 Å². The van der Waals surface area contributed by atoms with Crippen molar-refractivity contribution in [3.63, 3.8) is 0 Å². The minimum atomic E-state index is 0.151. The first-order chi connectivity index (χ1) is 8.00. The standard InChI is InChI=1S/C14H23N3/c1-14(2,3)17-9-5-7-12(15)13(17)11-6-4-8-16-10-11/h4,6,8,10,12-13H,5,7,9,15H2,1-3H3. The van der Waals surface area contributed by atoms with Crippen LogP contribution in [0.1, 0.15) is 45.2 Å². The highest BCUT2D eigenvalue weighted by Crippen LogP contribution is 2.34. The maximum Gasteiger partial charge on any atom is 0.0519 e. The van der Waals surface area contributed by atoms with Gasteiger partial charge in [0.25, 0.3) is 0 Å². The fourth-order valence-corrected chi connectivity index (χ4v) is 2.76. The summed E-state index contributed by atoms with van der Waals surface area (Å²) in [5.74, 6) is 0. The van der Waals surface area contributed by atoms with E-state index in [4.69, 9.17) is 5.73 Å². The molecule has 1 aromatic rings. The van der Waals surface area contributed by atoms with Crippen LogP contribution in [0.2, 0.25) is 0 Å². The van der Waals surface area contributed by atoms with Crippen LogP contribution in [0.3, 0.4) is 0 Å². The van der Waals surface area contributed by atoms with Crippen LogP contribution in [0.25, 0.3) is 0 Å². The molecule has 0 amide bonds. The summed E-state index contributed by atoms with van der Waals surface area (Å²) in [5, 5.41) is 0. The van der Waals surface area contributed by atoms with Gasteiger partial charge in [-0.15, -0.1) is 0 Å². The summed E-state index contributed by atoms with van der Waals surface area (Å²) in [6.07, 6.45) is 6.06. The molecule has 2 rings (SSSR count). The van der Waals surface area contributed by atoms with Crippen molar-refractivity contribution in [2.75, 3.05) is 6.54 Å². The molecule has 1 aliphatic heterocycles. The number of hydrogen-bond acceptors (Lipinski definition) is 3. The van der Waals surface area contributed by atoms with Crippen molar-refractivity contribution in [3.8, 4) is 0 Å². The molecular formula is C14H23N3. The maximum atomic E-state index is 6.33. The van der Waals surface area contributed by atoms with Crippen molar-refractivity contribution in [1.82, 2.24) is 9.88 Å². The number of hydrogen-bond donors (Lipinski definition) is 1. The molecule has 0 spiro atoms. The lowest BCUT2D eigenvalue weighted by Gasteiger charge is -2.47. The van der Waals surface area contributed by atoms with E-state index in [1.54, 1.807) is 0 Å². The molecule has 1 saturated heterocycles. The van der Waals surface area contributed by atoms with Gasteiger partial charge in [-0.3, -0.25) is 9.88 Å². The van der Waals surface area contributed by atoms with Gasteiger partial charge in [0.05, 0.1) is 6.04 Å². The second-order valence-electron chi connectivity index (χ2n) is 5.90. The van der Waals surface area contributed by atoms with Gasteiger partial charge in [0.2, 0.25) is 0 Å². The molecule has 0 aromatic carbocycles. The van der Waals surface area contributed by atoms with Crippen molar-refractivity contribution in [1.29, 1.82) is 0 Å². The molecule has 94 valence electrons. The van der Waals surface area contributed by atoms with E-state index in [1.165, 1.54) is 12.0 Å². The van der Waals surface area contributed by atoms with E-state index in [0.29, 0.717) is 6.04 Å². The zero-order valence-electron chi connectivity index (χ0n) is 11.1. The molecule has 3 nitrogen and oxygen atoms in total. The van der Waals surface area contributed by atoms with Crippen LogP contribution in [0.5, 0.6) is 0 Å². The predicted molar refractivity (Wildman–Crippen MR) is 70.6 cm³/mol. The zero-order valence-corrected chi connectivity index (χ0v) is 11.1. The molecule has 2 heterocycles. The summed E-state index contributed by atoms with van der Waals surface area (Å²) in [6.45, 7) is 7.90. The van der Waals surface area contributed by atoms with Crippen LogP contribution >= 0.6 is 0 Å². The first-order valence-corrected chi connectivity index (χ1v) is 6.42. The molecule has 2 unspecified atom stereocenters. The quantitative estimate of drug-likeness (QED) is 0.809. The molecule has 1 aliphatic rings. The first kappa shape index (κ1) is 12.5. The van der Waals surface area contributed by atoms with Gasteiger partial charge in [-0.05, 0) is 51.8 Å². The Morgan fingerprint density at radius 2 is 2.18 bits per heavy atom. The molecule has 0 saturated carbocycles. The second kappa shape index (κ2) is 4.75. The molecule has 2 N–H and O–H groups in total. The van der Waals surface area contributed by atoms with E-state index in [2.05, 4.69) is 36.7 Å². The fraction of sp³-hybridized carbons (Fsp3) is 0.643. The van der Waals surface area contributed by atoms with Crippen LogP contribution in [-0.4, -0.2) is 28.0 Å². The summed E-state index contributed by atoms with van der Waals surface area (Å²) in [7, 11) is 0. The summed E-state index contributed by atoms with van der Waals surface area (Å²) in [5.41, 5.74) is 7.73. The number of nitrogens with two attached hydrogens (primary N) is 1. The van der Waals surface area contributed by atoms with Crippen molar-refractivity contribution >= 4 is 0 Å². The number of rotatable bonds is 1. The molecule has 1 aromatic heterocycles. The van der Waals surface area contributed by atoms with Crippen LogP contribution < -0.4 is 5.73 Å². The van der Waals surface area contributed by atoms with E-state index >= 15 is 0 Å². The highest BCUT2D eigenvalue weighted by molar-refractivity contribution is 5.18. The molecular weight excluding hydrogens is 210 g/mol. The SMILES string of the molecule is CC(C)(C)N1CCCC(N)C1c1cccnc1. The lowest BCUT2D eigenvalue weighted by molar-refractivity contribution is 0.0383.